The lowest BCUT2D eigenvalue weighted by Crippen LogP contribution is -1.93. The Bertz CT molecular complexity index is 2460. The first-order chi connectivity index (χ1) is 20.8. The number of nitrogens with zero attached hydrogens (tertiary/aromatic N) is 2. The second-order valence-corrected chi connectivity index (χ2v) is 11.6. The van der Waals surface area contributed by atoms with Crippen molar-refractivity contribution in [2.75, 3.05) is 0 Å². The molecule has 0 bridgehead atoms. The monoisotopic (exact) mass is 554 g/mol. The van der Waals surface area contributed by atoms with Gasteiger partial charge in [-0.25, -0.2) is 9.97 Å². The second-order valence-electron chi connectivity index (χ2n) is 10.5. The van der Waals surface area contributed by atoms with Crippen molar-refractivity contribution in [3.63, 3.8) is 0 Å². The van der Waals surface area contributed by atoms with Gasteiger partial charge in [0.2, 0.25) is 0 Å². The van der Waals surface area contributed by atoms with Gasteiger partial charge < -0.3 is 4.42 Å². The molecule has 196 valence electrons. The van der Waals surface area contributed by atoms with Gasteiger partial charge in [0.15, 0.2) is 5.82 Å². The highest BCUT2D eigenvalue weighted by atomic mass is 32.1. The summed E-state index contributed by atoms with van der Waals surface area (Å²) in [5.74, 6) is 0.667. The molecular formula is C38H22N2OS. The molecule has 0 atom stereocenters. The first-order valence-corrected chi connectivity index (χ1v) is 14.8. The van der Waals surface area contributed by atoms with Crippen LogP contribution in [0.15, 0.2) is 138 Å². The molecule has 0 amide bonds. The zero-order valence-corrected chi connectivity index (χ0v) is 23.2. The van der Waals surface area contributed by atoms with Crippen molar-refractivity contribution in [2.24, 2.45) is 0 Å². The van der Waals surface area contributed by atoms with Crippen molar-refractivity contribution in [1.29, 1.82) is 0 Å². The molecule has 9 aromatic rings. The van der Waals surface area contributed by atoms with Gasteiger partial charge in [0.1, 0.15) is 11.2 Å². The predicted octanol–water partition coefficient (Wildman–Crippen LogP) is 10.9. The van der Waals surface area contributed by atoms with Crippen LogP contribution in [0, 0.1) is 0 Å². The third-order valence-corrected chi connectivity index (χ3v) is 9.25. The molecule has 3 heterocycles. The van der Waals surface area contributed by atoms with Gasteiger partial charge in [0.05, 0.1) is 21.5 Å². The maximum atomic E-state index is 6.88. The molecule has 0 aliphatic heterocycles. The summed E-state index contributed by atoms with van der Waals surface area (Å²) in [5, 5.41) is 5.66. The normalized spacial score (nSPS) is 11.8. The molecule has 0 saturated heterocycles. The Labute approximate surface area is 245 Å². The van der Waals surface area contributed by atoms with Gasteiger partial charge in [0.25, 0.3) is 0 Å². The summed E-state index contributed by atoms with van der Waals surface area (Å²) in [6.07, 6.45) is 0. The van der Waals surface area contributed by atoms with E-state index >= 15 is 0 Å². The lowest BCUT2D eigenvalue weighted by atomic mass is 9.95. The number of hydrogen-bond donors (Lipinski definition) is 0. The first-order valence-electron chi connectivity index (χ1n) is 14.0. The van der Waals surface area contributed by atoms with Gasteiger partial charge in [-0.3, -0.25) is 0 Å². The topological polar surface area (TPSA) is 38.9 Å². The van der Waals surface area contributed by atoms with Gasteiger partial charge in [-0.2, -0.15) is 0 Å². The Morgan fingerprint density at radius 1 is 0.524 bits per heavy atom. The minimum absolute atomic E-state index is 0.667. The zero-order valence-electron chi connectivity index (χ0n) is 22.4. The van der Waals surface area contributed by atoms with Gasteiger partial charge in [-0.1, -0.05) is 115 Å². The molecule has 3 aromatic heterocycles. The SMILES string of the molecule is c1ccc(-c2c3ccccc3cc3c2oc2c(-c4nc(-c5ccccc5)c5sc6ccccc6c5n4)cccc23)cc1. The lowest BCUT2D eigenvalue weighted by molar-refractivity contribution is 0.671. The Morgan fingerprint density at radius 3 is 2.05 bits per heavy atom. The van der Waals surface area contributed by atoms with Crippen LogP contribution in [0.2, 0.25) is 0 Å². The largest absolute Gasteiger partial charge is 0.455 e. The van der Waals surface area contributed by atoms with Gasteiger partial charge >= 0.3 is 0 Å². The minimum Gasteiger partial charge on any atom is -0.455 e. The average molecular weight is 555 g/mol. The third-order valence-electron chi connectivity index (χ3n) is 8.08. The summed E-state index contributed by atoms with van der Waals surface area (Å²) in [6.45, 7) is 0. The number of benzene rings is 6. The standard InChI is InChI=1S/C38H22N2OS/c1-3-12-23(13-4-1)32-26-17-8-7-16-25(26)22-30-27-19-11-20-29(35(27)41-36(30)32)38-39-33(24-14-5-2-6-15-24)37-34(40-38)28-18-9-10-21-31(28)42-37/h1-22H. The predicted molar refractivity (Wildman–Crippen MR) is 176 cm³/mol. The quantitative estimate of drug-likeness (QED) is 0.218. The van der Waals surface area contributed by atoms with Crippen molar-refractivity contribution >= 4 is 64.4 Å². The fraction of sp³-hybridized carbons (Fsp3) is 0. The zero-order chi connectivity index (χ0) is 27.6. The van der Waals surface area contributed by atoms with E-state index in [0.29, 0.717) is 5.82 Å². The molecule has 6 aromatic carbocycles. The molecule has 0 aliphatic carbocycles. The number of aromatic nitrogens is 2. The van der Waals surface area contributed by atoms with Crippen molar-refractivity contribution < 1.29 is 4.42 Å². The van der Waals surface area contributed by atoms with Crippen LogP contribution in [-0.2, 0) is 0 Å². The van der Waals surface area contributed by atoms with E-state index in [1.54, 1.807) is 11.3 Å². The highest BCUT2D eigenvalue weighted by molar-refractivity contribution is 7.26. The molecule has 0 aliphatic rings. The molecule has 0 saturated carbocycles. The lowest BCUT2D eigenvalue weighted by Gasteiger charge is -2.08. The average Bonchev–Trinajstić information content (AvgIpc) is 3.62. The van der Waals surface area contributed by atoms with Crippen LogP contribution in [0.4, 0.5) is 0 Å². The molecule has 42 heavy (non-hydrogen) atoms. The molecular weight excluding hydrogens is 532 g/mol. The van der Waals surface area contributed by atoms with Gasteiger partial charge in [-0.05, 0) is 34.5 Å². The number of hydrogen-bond acceptors (Lipinski definition) is 4. The highest BCUT2D eigenvalue weighted by Gasteiger charge is 2.21. The van der Waals surface area contributed by atoms with Crippen LogP contribution in [0.5, 0.6) is 0 Å². The summed E-state index contributed by atoms with van der Waals surface area (Å²) in [5.41, 5.74) is 7.81. The van der Waals surface area contributed by atoms with Crippen molar-refractivity contribution in [1.82, 2.24) is 9.97 Å². The number of fused-ring (bicyclic) bond motifs is 7. The van der Waals surface area contributed by atoms with Crippen molar-refractivity contribution in [2.45, 2.75) is 0 Å². The number of furan rings is 1. The van der Waals surface area contributed by atoms with E-state index in [1.807, 2.05) is 6.07 Å². The fourth-order valence-corrected chi connectivity index (χ4v) is 7.32. The van der Waals surface area contributed by atoms with Crippen molar-refractivity contribution in [3.8, 4) is 33.8 Å². The summed E-state index contributed by atoms with van der Waals surface area (Å²) in [7, 11) is 0. The van der Waals surface area contributed by atoms with E-state index in [2.05, 4.69) is 127 Å². The fourth-order valence-electron chi connectivity index (χ4n) is 6.17. The Balaban J connectivity index is 1.39. The van der Waals surface area contributed by atoms with Crippen LogP contribution in [0.3, 0.4) is 0 Å². The summed E-state index contributed by atoms with van der Waals surface area (Å²) in [6, 6.07) is 46.5. The van der Waals surface area contributed by atoms with Crippen LogP contribution in [-0.4, -0.2) is 9.97 Å². The minimum atomic E-state index is 0.667. The Kier molecular flexibility index (Phi) is 5.07. The molecule has 9 rings (SSSR count). The van der Waals surface area contributed by atoms with E-state index in [-0.39, 0.29) is 0 Å². The molecule has 0 N–H and O–H groups in total. The number of rotatable bonds is 3. The second kappa shape index (κ2) is 9.10. The molecule has 0 fully saturated rings. The number of thiophene rings is 1. The summed E-state index contributed by atoms with van der Waals surface area (Å²) in [4.78, 5) is 10.4. The van der Waals surface area contributed by atoms with E-state index in [1.165, 1.54) is 15.5 Å². The first kappa shape index (κ1) is 23.4. The summed E-state index contributed by atoms with van der Waals surface area (Å²) >= 11 is 1.75. The summed E-state index contributed by atoms with van der Waals surface area (Å²) < 4.78 is 9.18. The highest BCUT2D eigenvalue weighted by Crippen LogP contribution is 2.44. The molecule has 0 spiro atoms. The van der Waals surface area contributed by atoms with Crippen LogP contribution >= 0.6 is 11.3 Å². The van der Waals surface area contributed by atoms with Gasteiger partial charge in [0, 0.05) is 32.0 Å². The maximum absolute atomic E-state index is 6.88. The van der Waals surface area contributed by atoms with Crippen LogP contribution < -0.4 is 0 Å². The molecule has 3 nitrogen and oxygen atoms in total. The van der Waals surface area contributed by atoms with E-state index in [9.17, 15) is 0 Å². The molecule has 0 radical (unpaired) electrons. The van der Waals surface area contributed by atoms with Crippen molar-refractivity contribution in [3.05, 3.63) is 133 Å². The number of para-hydroxylation sites is 1. The smallest absolute Gasteiger partial charge is 0.164 e. The Hall–Kier alpha value is -5.32. The van der Waals surface area contributed by atoms with Gasteiger partial charge in [-0.15, -0.1) is 11.3 Å². The van der Waals surface area contributed by atoms with E-state index < -0.39 is 0 Å². The molecule has 0 unspecified atom stereocenters. The van der Waals surface area contributed by atoms with E-state index in [4.69, 9.17) is 14.4 Å². The molecule has 4 heteroatoms. The van der Waals surface area contributed by atoms with E-state index in [0.717, 1.165) is 65.5 Å². The third kappa shape index (κ3) is 3.46. The van der Waals surface area contributed by atoms with Crippen LogP contribution in [0.1, 0.15) is 0 Å². The Morgan fingerprint density at radius 2 is 1.21 bits per heavy atom. The maximum Gasteiger partial charge on any atom is 0.164 e. The van der Waals surface area contributed by atoms with Crippen LogP contribution in [0.25, 0.3) is 86.8 Å².